The minimum Gasteiger partial charge on any atom is -0.465 e. The third-order valence-electron chi connectivity index (χ3n) is 5.31. The van der Waals surface area contributed by atoms with Crippen LogP contribution < -0.4 is 10.5 Å². The Hall–Kier alpha value is -3.68. The van der Waals surface area contributed by atoms with E-state index in [9.17, 15) is 14.4 Å². The SMILES string of the molecule is COC(=O)c1ccc2c(=O)n(CC(=O)N3CCN(c4ccccc4)CC3)cnc2c1. The van der Waals surface area contributed by atoms with Gasteiger partial charge in [-0.25, -0.2) is 9.78 Å². The van der Waals surface area contributed by atoms with Crippen molar-refractivity contribution in [3.05, 3.63) is 70.8 Å². The summed E-state index contributed by atoms with van der Waals surface area (Å²) < 4.78 is 6.00. The van der Waals surface area contributed by atoms with Gasteiger partial charge in [0.25, 0.3) is 5.56 Å². The summed E-state index contributed by atoms with van der Waals surface area (Å²) in [6.45, 7) is 2.64. The highest BCUT2D eigenvalue weighted by atomic mass is 16.5. The molecule has 0 atom stereocenters. The Morgan fingerprint density at radius 3 is 2.47 bits per heavy atom. The van der Waals surface area contributed by atoms with Gasteiger partial charge in [0.1, 0.15) is 6.54 Å². The summed E-state index contributed by atoms with van der Waals surface area (Å²) in [5, 5.41) is 0.354. The van der Waals surface area contributed by atoms with E-state index in [1.165, 1.54) is 36.2 Å². The predicted molar refractivity (Wildman–Crippen MR) is 113 cm³/mol. The standard InChI is InChI=1S/C22H22N4O4/c1-30-22(29)16-7-8-18-19(13-16)23-15-26(21(18)28)14-20(27)25-11-9-24(10-12-25)17-5-3-2-4-6-17/h2-8,13,15H,9-12,14H2,1H3. The van der Waals surface area contributed by atoms with Crippen molar-refractivity contribution in [3.8, 4) is 0 Å². The Morgan fingerprint density at radius 2 is 1.77 bits per heavy atom. The smallest absolute Gasteiger partial charge is 0.337 e. The fourth-order valence-electron chi connectivity index (χ4n) is 3.61. The maximum absolute atomic E-state index is 12.8. The van der Waals surface area contributed by atoms with Crippen LogP contribution in [0.4, 0.5) is 5.69 Å². The van der Waals surface area contributed by atoms with Gasteiger partial charge < -0.3 is 14.5 Å². The number of benzene rings is 2. The molecule has 1 aliphatic rings. The number of fused-ring (bicyclic) bond motifs is 1. The number of anilines is 1. The summed E-state index contributed by atoms with van der Waals surface area (Å²) in [4.78, 5) is 45.4. The number of hydrogen-bond donors (Lipinski definition) is 0. The van der Waals surface area contributed by atoms with Crippen LogP contribution in [0.15, 0.2) is 59.7 Å². The molecule has 2 heterocycles. The molecule has 1 amide bonds. The van der Waals surface area contributed by atoms with Crippen LogP contribution in [0.3, 0.4) is 0 Å². The van der Waals surface area contributed by atoms with Crippen molar-refractivity contribution in [1.82, 2.24) is 14.5 Å². The number of nitrogens with zero attached hydrogens (tertiary/aromatic N) is 4. The number of rotatable bonds is 4. The van der Waals surface area contributed by atoms with Gasteiger partial charge in [-0.15, -0.1) is 0 Å². The molecule has 1 aliphatic heterocycles. The molecule has 8 heteroatoms. The number of amides is 1. The van der Waals surface area contributed by atoms with Gasteiger partial charge in [-0.2, -0.15) is 0 Å². The van der Waals surface area contributed by atoms with Crippen LogP contribution in [0.2, 0.25) is 0 Å². The van der Waals surface area contributed by atoms with E-state index < -0.39 is 5.97 Å². The van der Waals surface area contributed by atoms with Crippen LogP contribution in [-0.4, -0.2) is 59.6 Å². The molecule has 0 bridgehead atoms. The molecule has 0 unspecified atom stereocenters. The third kappa shape index (κ3) is 3.89. The van der Waals surface area contributed by atoms with E-state index in [4.69, 9.17) is 4.74 Å². The fourth-order valence-corrected chi connectivity index (χ4v) is 3.61. The zero-order valence-corrected chi connectivity index (χ0v) is 16.7. The van der Waals surface area contributed by atoms with Crippen LogP contribution in [0.1, 0.15) is 10.4 Å². The Morgan fingerprint density at radius 1 is 1.03 bits per heavy atom. The molecule has 0 radical (unpaired) electrons. The Kier molecular flexibility index (Phi) is 5.47. The largest absolute Gasteiger partial charge is 0.465 e. The van der Waals surface area contributed by atoms with Crippen molar-refractivity contribution in [1.29, 1.82) is 0 Å². The van der Waals surface area contributed by atoms with Gasteiger partial charge in [0, 0.05) is 31.9 Å². The molecule has 2 aromatic carbocycles. The van der Waals surface area contributed by atoms with Crippen molar-refractivity contribution in [2.75, 3.05) is 38.2 Å². The second kappa shape index (κ2) is 8.36. The Balaban J connectivity index is 1.45. The lowest BCUT2D eigenvalue weighted by Gasteiger charge is -2.36. The second-order valence-electron chi connectivity index (χ2n) is 7.10. The monoisotopic (exact) mass is 406 g/mol. The van der Waals surface area contributed by atoms with Crippen LogP contribution in [0, 0.1) is 0 Å². The lowest BCUT2D eigenvalue weighted by molar-refractivity contribution is -0.132. The number of para-hydroxylation sites is 1. The molecule has 3 aromatic rings. The van der Waals surface area contributed by atoms with Crippen LogP contribution in [0.25, 0.3) is 10.9 Å². The molecule has 30 heavy (non-hydrogen) atoms. The van der Waals surface area contributed by atoms with E-state index in [1.54, 1.807) is 4.90 Å². The third-order valence-corrected chi connectivity index (χ3v) is 5.31. The van der Waals surface area contributed by atoms with E-state index in [0.717, 1.165) is 18.8 Å². The first-order chi connectivity index (χ1) is 14.6. The quantitative estimate of drug-likeness (QED) is 0.611. The summed E-state index contributed by atoms with van der Waals surface area (Å²) in [5.41, 5.74) is 1.55. The molecule has 1 saturated heterocycles. The fraction of sp³-hybridized carbons (Fsp3) is 0.273. The van der Waals surface area contributed by atoms with E-state index in [0.29, 0.717) is 29.6 Å². The predicted octanol–water partition coefficient (Wildman–Crippen LogP) is 1.53. The number of carbonyl (C=O) groups excluding carboxylic acids is 2. The number of carbonyl (C=O) groups is 2. The molecule has 8 nitrogen and oxygen atoms in total. The van der Waals surface area contributed by atoms with E-state index in [-0.39, 0.29) is 18.0 Å². The van der Waals surface area contributed by atoms with Crippen molar-refractivity contribution >= 4 is 28.5 Å². The lowest BCUT2D eigenvalue weighted by atomic mass is 10.1. The minimum atomic E-state index is -0.493. The molecule has 4 rings (SSSR count). The normalized spacial score (nSPS) is 14.0. The average molecular weight is 406 g/mol. The van der Waals surface area contributed by atoms with Gasteiger partial charge in [-0.05, 0) is 30.3 Å². The van der Waals surface area contributed by atoms with Gasteiger partial charge in [0.2, 0.25) is 5.91 Å². The first-order valence-corrected chi connectivity index (χ1v) is 9.72. The highest BCUT2D eigenvalue weighted by molar-refractivity contribution is 5.94. The maximum atomic E-state index is 12.8. The molecule has 0 N–H and O–H groups in total. The number of aromatic nitrogens is 2. The molecular weight excluding hydrogens is 384 g/mol. The van der Waals surface area contributed by atoms with E-state index in [1.807, 2.05) is 18.2 Å². The van der Waals surface area contributed by atoms with Crippen LogP contribution in [-0.2, 0) is 16.1 Å². The lowest BCUT2D eigenvalue weighted by Crippen LogP contribution is -2.50. The van der Waals surface area contributed by atoms with Crippen molar-refractivity contribution in [3.63, 3.8) is 0 Å². The van der Waals surface area contributed by atoms with E-state index in [2.05, 4.69) is 22.0 Å². The molecular formula is C22H22N4O4. The van der Waals surface area contributed by atoms with Gasteiger partial charge in [-0.3, -0.25) is 14.2 Å². The second-order valence-corrected chi connectivity index (χ2v) is 7.10. The van der Waals surface area contributed by atoms with Crippen LogP contribution >= 0.6 is 0 Å². The zero-order valence-electron chi connectivity index (χ0n) is 16.7. The number of esters is 1. The summed E-state index contributed by atoms with van der Waals surface area (Å²) >= 11 is 0. The van der Waals surface area contributed by atoms with Gasteiger partial charge in [0.05, 0.1) is 29.9 Å². The summed E-state index contributed by atoms with van der Waals surface area (Å²) in [6.07, 6.45) is 1.35. The van der Waals surface area contributed by atoms with Gasteiger partial charge in [-0.1, -0.05) is 18.2 Å². The van der Waals surface area contributed by atoms with E-state index >= 15 is 0 Å². The number of methoxy groups -OCH3 is 1. The first-order valence-electron chi connectivity index (χ1n) is 9.72. The first kappa shape index (κ1) is 19.6. The number of piperazine rings is 1. The molecule has 0 spiro atoms. The molecule has 154 valence electrons. The highest BCUT2D eigenvalue weighted by Gasteiger charge is 2.22. The summed E-state index contributed by atoms with van der Waals surface area (Å²) in [5.74, 6) is -0.607. The molecule has 0 aliphatic carbocycles. The Labute approximate surface area is 173 Å². The van der Waals surface area contributed by atoms with Crippen molar-refractivity contribution in [2.24, 2.45) is 0 Å². The molecule has 0 saturated carbocycles. The summed E-state index contributed by atoms with van der Waals surface area (Å²) in [7, 11) is 1.29. The van der Waals surface area contributed by atoms with Gasteiger partial charge >= 0.3 is 5.97 Å². The minimum absolute atomic E-state index is 0.0636. The number of ether oxygens (including phenoxy) is 1. The highest BCUT2D eigenvalue weighted by Crippen LogP contribution is 2.16. The zero-order chi connectivity index (χ0) is 21.1. The summed E-state index contributed by atoms with van der Waals surface area (Å²) in [6, 6.07) is 14.7. The van der Waals surface area contributed by atoms with Crippen molar-refractivity contribution in [2.45, 2.75) is 6.54 Å². The average Bonchev–Trinajstić information content (AvgIpc) is 2.80. The topological polar surface area (TPSA) is 84.7 Å². The molecule has 1 aromatic heterocycles. The number of hydrogen-bond acceptors (Lipinski definition) is 6. The van der Waals surface area contributed by atoms with Crippen molar-refractivity contribution < 1.29 is 14.3 Å². The van der Waals surface area contributed by atoms with Gasteiger partial charge in [0.15, 0.2) is 0 Å². The Bertz CT molecular complexity index is 1130. The maximum Gasteiger partial charge on any atom is 0.337 e. The molecule has 1 fully saturated rings. The van der Waals surface area contributed by atoms with Crippen LogP contribution in [0.5, 0.6) is 0 Å².